The van der Waals surface area contributed by atoms with E-state index in [1.807, 2.05) is 4.90 Å². The first-order valence-electron chi connectivity index (χ1n) is 5.81. The van der Waals surface area contributed by atoms with E-state index in [0.29, 0.717) is 5.82 Å². The predicted octanol–water partition coefficient (Wildman–Crippen LogP) is 2.82. The van der Waals surface area contributed by atoms with E-state index in [0.717, 1.165) is 32.1 Å². The van der Waals surface area contributed by atoms with Crippen LogP contribution in [0.3, 0.4) is 0 Å². The van der Waals surface area contributed by atoms with Crippen LogP contribution in [-0.4, -0.2) is 30.0 Å². The number of piperidine rings is 1. The van der Waals surface area contributed by atoms with Crippen molar-refractivity contribution in [2.75, 3.05) is 18.0 Å². The average Bonchev–Trinajstić information content (AvgIpc) is 2.38. The standard InChI is InChI=1S/C12H13F3N2O/c13-12(14,15)11(18)9-4-5-10(16-8-9)17-6-2-1-3-7-17/h4-5,8H,1-3,6-7H2. The molecule has 0 aromatic carbocycles. The maximum Gasteiger partial charge on any atom is 0.454 e. The Morgan fingerprint density at radius 3 is 2.33 bits per heavy atom. The molecule has 0 aliphatic carbocycles. The van der Waals surface area contributed by atoms with Crippen LogP contribution in [0.4, 0.5) is 19.0 Å². The van der Waals surface area contributed by atoms with Crippen LogP contribution >= 0.6 is 0 Å². The zero-order chi connectivity index (χ0) is 13.2. The summed E-state index contributed by atoms with van der Waals surface area (Å²) in [5.74, 6) is -1.21. The second kappa shape index (κ2) is 4.96. The lowest BCUT2D eigenvalue weighted by atomic mass is 10.1. The fourth-order valence-corrected chi connectivity index (χ4v) is 1.99. The van der Waals surface area contributed by atoms with E-state index < -0.39 is 17.5 Å². The molecule has 1 aromatic heterocycles. The van der Waals surface area contributed by atoms with Crippen molar-refractivity contribution >= 4 is 11.6 Å². The Balaban J connectivity index is 2.12. The van der Waals surface area contributed by atoms with E-state index in [4.69, 9.17) is 0 Å². The molecule has 6 heteroatoms. The predicted molar refractivity (Wildman–Crippen MR) is 60.7 cm³/mol. The highest BCUT2D eigenvalue weighted by molar-refractivity contribution is 6.00. The molecule has 0 saturated carbocycles. The van der Waals surface area contributed by atoms with Crippen LogP contribution in [0, 0.1) is 0 Å². The monoisotopic (exact) mass is 258 g/mol. The summed E-state index contributed by atoms with van der Waals surface area (Å²) in [4.78, 5) is 16.9. The summed E-state index contributed by atoms with van der Waals surface area (Å²) in [6, 6.07) is 2.66. The van der Waals surface area contributed by atoms with Crippen molar-refractivity contribution in [3.8, 4) is 0 Å². The molecule has 0 atom stereocenters. The van der Waals surface area contributed by atoms with Crippen molar-refractivity contribution in [2.45, 2.75) is 25.4 Å². The quantitative estimate of drug-likeness (QED) is 0.765. The normalized spacial score (nSPS) is 16.7. The molecular weight excluding hydrogens is 245 g/mol. The van der Waals surface area contributed by atoms with Gasteiger partial charge < -0.3 is 4.90 Å². The van der Waals surface area contributed by atoms with Gasteiger partial charge in [-0.15, -0.1) is 0 Å². The van der Waals surface area contributed by atoms with Gasteiger partial charge in [0.15, 0.2) is 0 Å². The lowest BCUT2D eigenvalue weighted by Crippen LogP contribution is -2.30. The highest BCUT2D eigenvalue weighted by Gasteiger charge is 2.39. The minimum Gasteiger partial charge on any atom is -0.357 e. The Hall–Kier alpha value is -1.59. The Labute approximate surface area is 103 Å². The van der Waals surface area contributed by atoms with Gasteiger partial charge in [-0.05, 0) is 31.4 Å². The lowest BCUT2D eigenvalue weighted by Gasteiger charge is -2.27. The van der Waals surface area contributed by atoms with E-state index in [1.165, 1.54) is 18.6 Å². The van der Waals surface area contributed by atoms with Crippen molar-refractivity contribution in [2.24, 2.45) is 0 Å². The van der Waals surface area contributed by atoms with Crippen molar-refractivity contribution in [1.29, 1.82) is 0 Å². The van der Waals surface area contributed by atoms with Gasteiger partial charge in [0.2, 0.25) is 0 Å². The topological polar surface area (TPSA) is 33.2 Å². The molecule has 1 fully saturated rings. The molecule has 1 aliphatic rings. The average molecular weight is 258 g/mol. The van der Waals surface area contributed by atoms with E-state index in [1.54, 1.807) is 0 Å². The molecular formula is C12H13F3N2O. The van der Waals surface area contributed by atoms with Gasteiger partial charge in [-0.25, -0.2) is 4.98 Å². The molecule has 1 aliphatic heterocycles. The highest BCUT2D eigenvalue weighted by atomic mass is 19.4. The van der Waals surface area contributed by atoms with Gasteiger partial charge in [-0.3, -0.25) is 4.79 Å². The van der Waals surface area contributed by atoms with Crippen LogP contribution in [0.2, 0.25) is 0 Å². The molecule has 0 N–H and O–H groups in total. The third kappa shape index (κ3) is 2.80. The number of alkyl halides is 3. The smallest absolute Gasteiger partial charge is 0.357 e. The van der Waals surface area contributed by atoms with Gasteiger partial charge in [0.25, 0.3) is 5.78 Å². The summed E-state index contributed by atoms with van der Waals surface area (Å²) in [6.07, 6.45) is -0.551. The minimum absolute atomic E-state index is 0.414. The number of nitrogens with zero attached hydrogens (tertiary/aromatic N) is 2. The van der Waals surface area contributed by atoms with Gasteiger partial charge in [0.05, 0.1) is 0 Å². The molecule has 1 saturated heterocycles. The first-order chi connectivity index (χ1) is 8.48. The summed E-state index contributed by atoms with van der Waals surface area (Å²) in [6.45, 7) is 1.72. The van der Waals surface area contributed by atoms with Crippen molar-refractivity contribution in [3.63, 3.8) is 0 Å². The molecule has 3 nitrogen and oxygen atoms in total. The van der Waals surface area contributed by atoms with E-state index in [9.17, 15) is 18.0 Å². The first-order valence-corrected chi connectivity index (χ1v) is 5.81. The van der Waals surface area contributed by atoms with Gasteiger partial charge in [0, 0.05) is 24.8 Å². The molecule has 0 amide bonds. The summed E-state index contributed by atoms with van der Waals surface area (Å²) < 4.78 is 36.6. The van der Waals surface area contributed by atoms with Gasteiger partial charge >= 0.3 is 6.18 Å². The number of carbonyl (C=O) groups is 1. The van der Waals surface area contributed by atoms with Gasteiger partial charge in [-0.2, -0.15) is 13.2 Å². The zero-order valence-corrected chi connectivity index (χ0v) is 9.70. The van der Waals surface area contributed by atoms with Crippen LogP contribution in [0.5, 0.6) is 0 Å². The second-order valence-electron chi connectivity index (χ2n) is 4.28. The fraction of sp³-hybridized carbons (Fsp3) is 0.500. The molecule has 2 heterocycles. The van der Waals surface area contributed by atoms with Crippen molar-refractivity contribution in [1.82, 2.24) is 4.98 Å². The molecule has 0 radical (unpaired) electrons. The third-order valence-electron chi connectivity index (χ3n) is 2.95. The van der Waals surface area contributed by atoms with E-state index in [2.05, 4.69) is 4.98 Å². The molecule has 1 aromatic rings. The van der Waals surface area contributed by atoms with Crippen LogP contribution in [0.25, 0.3) is 0 Å². The van der Waals surface area contributed by atoms with Crippen molar-refractivity contribution in [3.05, 3.63) is 23.9 Å². The van der Waals surface area contributed by atoms with E-state index in [-0.39, 0.29) is 0 Å². The van der Waals surface area contributed by atoms with Crippen molar-refractivity contribution < 1.29 is 18.0 Å². The zero-order valence-electron chi connectivity index (χ0n) is 9.70. The molecule has 0 bridgehead atoms. The van der Waals surface area contributed by atoms with Crippen LogP contribution < -0.4 is 4.90 Å². The number of aromatic nitrogens is 1. The number of hydrogen-bond acceptors (Lipinski definition) is 3. The van der Waals surface area contributed by atoms with Crippen LogP contribution in [0.15, 0.2) is 18.3 Å². The lowest BCUT2D eigenvalue weighted by molar-refractivity contribution is -0.0885. The minimum atomic E-state index is -4.84. The van der Waals surface area contributed by atoms with Gasteiger partial charge in [0.1, 0.15) is 5.82 Å². The number of rotatable bonds is 2. The largest absolute Gasteiger partial charge is 0.454 e. The van der Waals surface area contributed by atoms with Crippen LogP contribution in [0.1, 0.15) is 29.6 Å². The highest BCUT2D eigenvalue weighted by Crippen LogP contribution is 2.23. The summed E-state index contributed by atoms with van der Waals surface area (Å²) in [5, 5.41) is 0. The maximum absolute atomic E-state index is 12.2. The summed E-state index contributed by atoms with van der Waals surface area (Å²) in [5.41, 5.74) is -0.414. The fourth-order valence-electron chi connectivity index (χ4n) is 1.99. The summed E-state index contributed by atoms with van der Waals surface area (Å²) in [7, 11) is 0. The molecule has 98 valence electrons. The van der Waals surface area contributed by atoms with Crippen LogP contribution in [-0.2, 0) is 0 Å². The number of Topliss-reactive ketones (excluding diaryl/α,β-unsaturated/α-hetero) is 1. The maximum atomic E-state index is 12.2. The van der Waals surface area contributed by atoms with E-state index >= 15 is 0 Å². The summed E-state index contributed by atoms with van der Waals surface area (Å²) >= 11 is 0. The molecule has 18 heavy (non-hydrogen) atoms. The number of anilines is 1. The Morgan fingerprint density at radius 2 is 1.83 bits per heavy atom. The number of hydrogen-bond donors (Lipinski definition) is 0. The molecule has 2 rings (SSSR count). The second-order valence-corrected chi connectivity index (χ2v) is 4.28. The number of pyridine rings is 1. The Kier molecular flexibility index (Phi) is 3.54. The third-order valence-corrected chi connectivity index (χ3v) is 2.95. The first kappa shape index (κ1) is 12.9. The number of carbonyl (C=O) groups excluding carboxylic acids is 1. The SMILES string of the molecule is O=C(c1ccc(N2CCCCC2)nc1)C(F)(F)F. The Morgan fingerprint density at radius 1 is 1.17 bits per heavy atom. The Bertz CT molecular complexity index is 422. The molecule has 0 spiro atoms. The van der Waals surface area contributed by atoms with Gasteiger partial charge in [-0.1, -0.05) is 0 Å². The number of ketones is 1. The molecule has 0 unspecified atom stereocenters. The number of halogens is 3.